The fraction of sp³-hybridized carbons (Fsp3) is 0.407. The first-order valence-corrected chi connectivity index (χ1v) is 12.9. The fourth-order valence-corrected chi connectivity index (χ4v) is 5.03. The van der Waals surface area contributed by atoms with Crippen LogP contribution in [0.1, 0.15) is 63.9 Å². The number of hydrogen-bond donors (Lipinski definition) is 1. The van der Waals surface area contributed by atoms with E-state index in [-0.39, 0.29) is 17.4 Å². The lowest BCUT2D eigenvalue weighted by Gasteiger charge is -2.23. The van der Waals surface area contributed by atoms with E-state index in [4.69, 9.17) is 4.98 Å². The van der Waals surface area contributed by atoms with Gasteiger partial charge in [-0.1, -0.05) is 46.8 Å². The van der Waals surface area contributed by atoms with Gasteiger partial charge in [0.1, 0.15) is 6.33 Å². The molecule has 1 atom stereocenters. The van der Waals surface area contributed by atoms with Crippen LogP contribution >= 0.6 is 11.8 Å². The first-order chi connectivity index (χ1) is 16.4. The molecule has 7 heteroatoms. The van der Waals surface area contributed by atoms with E-state index < -0.39 is 0 Å². The van der Waals surface area contributed by atoms with Gasteiger partial charge in [-0.15, -0.1) is 11.8 Å². The maximum Gasteiger partial charge on any atom is 0.322 e. The summed E-state index contributed by atoms with van der Waals surface area (Å²) in [5.41, 5.74) is 5.50. The van der Waals surface area contributed by atoms with Crippen LogP contribution < -0.4 is 10.2 Å². The lowest BCUT2D eigenvalue weighted by atomic mass is 9.85. The Balaban J connectivity index is 1.57. The Morgan fingerprint density at radius 3 is 2.62 bits per heavy atom. The van der Waals surface area contributed by atoms with Crippen molar-refractivity contribution in [2.75, 3.05) is 17.2 Å². The maximum absolute atomic E-state index is 13.2. The van der Waals surface area contributed by atoms with Crippen molar-refractivity contribution in [1.82, 2.24) is 20.3 Å². The van der Waals surface area contributed by atoms with Gasteiger partial charge in [0.05, 0.1) is 22.8 Å². The van der Waals surface area contributed by atoms with Crippen molar-refractivity contribution in [2.45, 2.75) is 63.8 Å². The third-order valence-electron chi connectivity index (χ3n) is 6.51. The third kappa shape index (κ3) is 4.80. The smallest absolute Gasteiger partial charge is 0.322 e. The van der Waals surface area contributed by atoms with E-state index in [1.807, 2.05) is 35.0 Å². The van der Waals surface area contributed by atoms with Crippen LogP contribution in [0.5, 0.6) is 0 Å². The minimum absolute atomic E-state index is 0.0918. The molecule has 1 aromatic carbocycles. The zero-order valence-corrected chi connectivity index (χ0v) is 21.4. The van der Waals surface area contributed by atoms with Crippen LogP contribution in [0.3, 0.4) is 0 Å². The number of urea groups is 1. The molecule has 0 bridgehead atoms. The number of carbonyl (C=O) groups is 1. The first kappa shape index (κ1) is 24.2. The average Bonchev–Trinajstić information content (AvgIpc) is 3.16. The average molecular weight is 476 g/mol. The molecule has 0 saturated heterocycles. The first-order valence-electron chi connectivity index (χ1n) is 11.9. The highest BCUT2D eigenvalue weighted by atomic mass is 32.2. The second kappa shape index (κ2) is 10.1. The SMILES string of the molecule is CCSc1ccc(CNC(=O)N2CC(C)(CC)c3nc(-c4cncnc4C(C)C)ccc32)cc1. The van der Waals surface area contributed by atoms with Crippen LogP contribution in [-0.4, -0.2) is 33.3 Å². The number of thioether (sulfide) groups is 1. The van der Waals surface area contributed by atoms with Crippen molar-refractivity contribution >= 4 is 23.5 Å². The molecule has 4 rings (SSSR count). The van der Waals surface area contributed by atoms with Crippen molar-refractivity contribution in [1.29, 1.82) is 0 Å². The van der Waals surface area contributed by atoms with E-state index in [0.717, 1.165) is 46.1 Å². The number of anilines is 1. The molecule has 178 valence electrons. The topological polar surface area (TPSA) is 71.0 Å². The standard InChI is InChI=1S/C27H33N5OS/c1-6-27(5)16-32(26(33)29-14-19-8-10-20(11-9-19)34-7-2)23-13-12-22(31-25(23)27)21-15-28-17-30-24(21)18(3)4/h8-13,15,17-18H,6-7,14,16H2,1-5H3,(H,29,33). The fourth-order valence-electron chi connectivity index (χ4n) is 4.37. The number of aromatic nitrogens is 3. The van der Waals surface area contributed by atoms with Crippen LogP contribution in [0.15, 0.2) is 53.8 Å². The molecule has 3 heterocycles. The monoisotopic (exact) mass is 475 g/mol. The summed E-state index contributed by atoms with van der Waals surface area (Å²) in [6, 6.07) is 12.3. The van der Waals surface area contributed by atoms with E-state index >= 15 is 0 Å². The van der Waals surface area contributed by atoms with Gasteiger partial charge in [-0.05, 0) is 47.9 Å². The number of benzene rings is 1. The van der Waals surface area contributed by atoms with Crippen molar-refractivity contribution in [3.63, 3.8) is 0 Å². The summed E-state index contributed by atoms with van der Waals surface area (Å²) < 4.78 is 0. The number of nitrogens with one attached hydrogen (secondary N) is 1. The summed E-state index contributed by atoms with van der Waals surface area (Å²) in [7, 11) is 0. The normalized spacial score (nSPS) is 17.2. The van der Waals surface area contributed by atoms with Crippen molar-refractivity contribution in [2.24, 2.45) is 0 Å². The second-order valence-corrected chi connectivity index (χ2v) is 10.6. The highest BCUT2D eigenvalue weighted by molar-refractivity contribution is 7.99. The summed E-state index contributed by atoms with van der Waals surface area (Å²) in [5, 5.41) is 3.10. The highest BCUT2D eigenvalue weighted by Crippen LogP contribution is 2.43. The predicted molar refractivity (Wildman–Crippen MR) is 139 cm³/mol. The van der Waals surface area contributed by atoms with E-state index in [1.165, 1.54) is 4.90 Å². The van der Waals surface area contributed by atoms with Gasteiger partial charge < -0.3 is 5.32 Å². The predicted octanol–water partition coefficient (Wildman–Crippen LogP) is 6.17. The number of rotatable bonds is 7. The molecule has 1 aliphatic rings. The lowest BCUT2D eigenvalue weighted by Crippen LogP contribution is -2.41. The number of nitrogens with zero attached hydrogens (tertiary/aromatic N) is 4. The number of amides is 2. The lowest BCUT2D eigenvalue weighted by molar-refractivity contribution is 0.245. The molecule has 3 aromatic rings. The minimum atomic E-state index is -0.213. The van der Waals surface area contributed by atoms with Crippen LogP contribution in [0.2, 0.25) is 0 Å². The summed E-state index contributed by atoms with van der Waals surface area (Å²) in [4.78, 5) is 30.1. The Labute approximate surface area is 206 Å². The molecule has 6 nitrogen and oxygen atoms in total. The van der Waals surface area contributed by atoms with Gasteiger partial charge in [-0.25, -0.2) is 19.7 Å². The number of fused-ring (bicyclic) bond motifs is 1. The molecule has 1 aliphatic heterocycles. The van der Waals surface area contributed by atoms with Gasteiger partial charge in [-0.3, -0.25) is 4.90 Å². The zero-order valence-electron chi connectivity index (χ0n) is 20.6. The molecular formula is C27H33N5OS. The third-order valence-corrected chi connectivity index (χ3v) is 7.41. The van der Waals surface area contributed by atoms with Crippen LogP contribution in [0.4, 0.5) is 10.5 Å². The van der Waals surface area contributed by atoms with Crippen molar-refractivity contribution < 1.29 is 4.79 Å². The van der Waals surface area contributed by atoms with E-state index in [9.17, 15) is 4.79 Å². The molecule has 0 saturated carbocycles. The molecule has 1 unspecified atom stereocenters. The molecular weight excluding hydrogens is 442 g/mol. The summed E-state index contributed by atoms with van der Waals surface area (Å²) in [5.74, 6) is 1.31. The Morgan fingerprint density at radius 1 is 1.18 bits per heavy atom. The van der Waals surface area contributed by atoms with Crippen LogP contribution in [0.25, 0.3) is 11.3 Å². The molecule has 0 radical (unpaired) electrons. The minimum Gasteiger partial charge on any atom is -0.334 e. The molecule has 0 spiro atoms. The summed E-state index contributed by atoms with van der Waals surface area (Å²) in [6.07, 6.45) is 4.31. The van der Waals surface area contributed by atoms with Crippen molar-refractivity contribution in [3.05, 3.63) is 65.9 Å². The largest absolute Gasteiger partial charge is 0.334 e. The Bertz CT molecular complexity index is 1160. The maximum atomic E-state index is 13.2. The summed E-state index contributed by atoms with van der Waals surface area (Å²) in [6.45, 7) is 11.8. The molecule has 0 aliphatic carbocycles. The van der Waals surface area contributed by atoms with Gasteiger partial charge in [0.15, 0.2) is 0 Å². The van der Waals surface area contributed by atoms with Gasteiger partial charge in [0.25, 0.3) is 0 Å². The Kier molecular flexibility index (Phi) is 7.22. The van der Waals surface area contributed by atoms with E-state index in [2.05, 4.69) is 74.2 Å². The van der Waals surface area contributed by atoms with Crippen LogP contribution in [0, 0.1) is 0 Å². The van der Waals surface area contributed by atoms with Gasteiger partial charge in [-0.2, -0.15) is 0 Å². The molecule has 2 aromatic heterocycles. The van der Waals surface area contributed by atoms with Crippen molar-refractivity contribution in [3.8, 4) is 11.3 Å². The van der Waals surface area contributed by atoms with E-state index in [0.29, 0.717) is 13.1 Å². The number of carbonyl (C=O) groups excluding carboxylic acids is 1. The van der Waals surface area contributed by atoms with Gasteiger partial charge in [0, 0.05) is 35.2 Å². The number of pyridine rings is 1. The Hall–Kier alpha value is -2.93. The van der Waals surface area contributed by atoms with Gasteiger partial charge >= 0.3 is 6.03 Å². The summed E-state index contributed by atoms with van der Waals surface area (Å²) >= 11 is 1.81. The highest BCUT2D eigenvalue weighted by Gasteiger charge is 2.42. The van der Waals surface area contributed by atoms with Gasteiger partial charge in [0.2, 0.25) is 0 Å². The molecule has 1 N–H and O–H groups in total. The molecule has 34 heavy (non-hydrogen) atoms. The molecule has 2 amide bonds. The quantitative estimate of drug-likeness (QED) is 0.414. The van der Waals surface area contributed by atoms with Crippen LogP contribution in [-0.2, 0) is 12.0 Å². The number of hydrogen-bond acceptors (Lipinski definition) is 5. The zero-order chi connectivity index (χ0) is 24.3. The Morgan fingerprint density at radius 2 is 1.94 bits per heavy atom. The second-order valence-electron chi connectivity index (χ2n) is 9.28. The van der Waals surface area contributed by atoms with E-state index in [1.54, 1.807) is 6.33 Å². The molecule has 0 fully saturated rings.